The molecule has 0 radical (unpaired) electrons. The molecule has 0 spiro atoms. The summed E-state index contributed by atoms with van der Waals surface area (Å²) in [6, 6.07) is 18.1. The van der Waals surface area contributed by atoms with E-state index in [9.17, 15) is 14.7 Å². The number of amides is 1. The second-order valence-electron chi connectivity index (χ2n) is 9.64. The van der Waals surface area contributed by atoms with Crippen molar-refractivity contribution in [2.45, 2.75) is 39.7 Å². The van der Waals surface area contributed by atoms with Crippen molar-refractivity contribution < 1.29 is 19.4 Å². The number of thiazole rings is 1. The van der Waals surface area contributed by atoms with Gasteiger partial charge < -0.3 is 9.84 Å². The summed E-state index contributed by atoms with van der Waals surface area (Å²) >= 11 is 1.36. The van der Waals surface area contributed by atoms with Gasteiger partial charge in [-0.2, -0.15) is 0 Å². The maximum absolute atomic E-state index is 13.5. The molecule has 1 amide bonds. The Balaban J connectivity index is 1.71. The summed E-state index contributed by atoms with van der Waals surface area (Å²) < 4.78 is 6.27. The minimum absolute atomic E-state index is 0.0438. The zero-order chi connectivity index (χ0) is 26.4. The molecule has 0 saturated carbocycles. The average Bonchev–Trinajstić information content (AvgIpc) is 3.41. The second-order valence-corrected chi connectivity index (χ2v) is 10.7. The van der Waals surface area contributed by atoms with Crippen molar-refractivity contribution in [2.24, 2.45) is 0 Å². The first kappa shape index (κ1) is 24.7. The predicted molar refractivity (Wildman–Crippen MR) is 147 cm³/mol. The molecule has 1 N–H and O–H groups in total. The van der Waals surface area contributed by atoms with Gasteiger partial charge in [0.1, 0.15) is 11.5 Å². The molecule has 188 valence electrons. The largest absolute Gasteiger partial charge is 0.507 e. The van der Waals surface area contributed by atoms with Gasteiger partial charge in [-0.05, 0) is 72.4 Å². The van der Waals surface area contributed by atoms with Crippen LogP contribution in [-0.4, -0.2) is 28.9 Å². The number of nitrogens with zero attached hydrogens (tertiary/aromatic N) is 2. The summed E-state index contributed by atoms with van der Waals surface area (Å²) in [7, 11) is 1.58. The average molecular weight is 513 g/mol. The number of ether oxygens (including phenoxy) is 1. The molecule has 0 unspecified atom stereocenters. The lowest BCUT2D eigenvalue weighted by molar-refractivity contribution is -0.132. The van der Waals surface area contributed by atoms with Gasteiger partial charge in [0.2, 0.25) is 0 Å². The summed E-state index contributed by atoms with van der Waals surface area (Å²) in [6.07, 6.45) is 0. The minimum Gasteiger partial charge on any atom is -0.507 e. The number of aromatic nitrogens is 1. The number of carbonyl (C=O) groups excluding carboxylic acids is 2. The number of methoxy groups -OCH3 is 1. The highest BCUT2D eigenvalue weighted by Crippen LogP contribution is 2.44. The van der Waals surface area contributed by atoms with Crippen LogP contribution in [0.5, 0.6) is 5.75 Å². The van der Waals surface area contributed by atoms with Crippen molar-refractivity contribution in [1.82, 2.24) is 4.98 Å². The van der Waals surface area contributed by atoms with E-state index in [1.54, 1.807) is 25.3 Å². The molecule has 4 aromatic rings. The van der Waals surface area contributed by atoms with Crippen LogP contribution < -0.4 is 9.64 Å². The number of rotatable bonds is 5. The smallest absolute Gasteiger partial charge is 0.301 e. The van der Waals surface area contributed by atoms with Crippen molar-refractivity contribution in [3.63, 3.8) is 0 Å². The second kappa shape index (κ2) is 9.48. The van der Waals surface area contributed by atoms with Crippen molar-refractivity contribution in [3.8, 4) is 5.75 Å². The van der Waals surface area contributed by atoms with Crippen LogP contribution in [0.4, 0.5) is 5.13 Å². The molecule has 1 aromatic heterocycles. The minimum atomic E-state index is -0.815. The van der Waals surface area contributed by atoms with Crippen molar-refractivity contribution in [3.05, 3.63) is 94.1 Å². The molecule has 6 nitrogen and oxygen atoms in total. The molecule has 3 aromatic carbocycles. The number of aliphatic hydroxyl groups is 1. The van der Waals surface area contributed by atoms with Crippen LogP contribution in [0.1, 0.15) is 53.6 Å². The molecule has 5 rings (SSSR count). The molecule has 0 aliphatic carbocycles. The highest BCUT2D eigenvalue weighted by Gasteiger charge is 2.48. The lowest BCUT2D eigenvalue weighted by Crippen LogP contribution is -2.29. The van der Waals surface area contributed by atoms with E-state index >= 15 is 0 Å². The third-order valence-corrected chi connectivity index (χ3v) is 7.79. The Labute approximate surface area is 219 Å². The fourth-order valence-corrected chi connectivity index (χ4v) is 5.80. The van der Waals surface area contributed by atoms with Gasteiger partial charge in [-0.1, -0.05) is 55.5 Å². The van der Waals surface area contributed by atoms with Crippen molar-refractivity contribution in [2.75, 3.05) is 12.0 Å². The molecular formula is C30H28N2O4S. The van der Waals surface area contributed by atoms with E-state index in [0.717, 1.165) is 32.5 Å². The summed E-state index contributed by atoms with van der Waals surface area (Å²) in [6.45, 7) is 8.07. The highest BCUT2D eigenvalue weighted by molar-refractivity contribution is 7.22. The van der Waals surface area contributed by atoms with E-state index in [1.807, 2.05) is 56.3 Å². The molecule has 37 heavy (non-hydrogen) atoms. The Kier molecular flexibility index (Phi) is 6.33. The van der Waals surface area contributed by atoms with Crippen LogP contribution in [0.2, 0.25) is 0 Å². The zero-order valence-corrected chi connectivity index (χ0v) is 22.2. The number of aliphatic hydroxyl groups excluding tert-OH is 1. The SMILES string of the molecule is COc1ccc(C(O)=C2C(=O)C(=O)N(c3nc4ccc(C)cc4s3)[C@H]2c2ccc(C(C)C)cc2)cc1C. The van der Waals surface area contributed by atoms with Gasteiger partial charge >= 0.3 is 5.91 Å². The Morgan fingerprint density at radius 1 is 1.03 bits per heavy atom. The van der Waals surface area contributed by atoms with Crippen molar-refractivity contribution in [1.29, 1.82) is 0 Å². The van der Waals surface area contributed by atoms with Crippen LogP contribution in [0, 0.1) is 13.8 Å². The fraction of sp³-hybridized carbons (Fsp3) is 0.233. The standard InChI is InChI=1S/C30H28N2O4S/c1-16(2)19-7-9-20(10-8-19)26-25(27(33)21-11-13-23(36-5)18(4)15-21)28(34)29(35)32(26)30-31-22-12-6-17(3)14-24(22)37-30/h6-16,26,33H,1-5H3/t26-/m0/s1. The molecule has 1 fully saturated rings. The van der Waals surface area contributed by atoms with Crippen LogP contribution in [0.25, 0.3) is 16.0 Å². The Morgan fingerprint density at radius 2 is 1.76 bits per heavy atom. The summed E-state index contributed by atoms with van der Waals surface area (Å²) in [5.41, 5.74) is 5.00. The van der Waals surface area contributed by atoms with Crippen molar-refractivity contribution >= 4 is 44.1 Å². The first-order chi connectivity index (χ1) is 17.7. The first-order valence-corrected chi connectivity index (χ1v) is 12.9. The van der Waals surface area contributed by atoms with E-state index in [-0.39, 0.29) is 11.3 Å². The number of benzene rings is 3. The lowest BCUT2D eigenvalue weighted by atomic mass is 9.93. The third kappa shape index (κ3) is 4.29. The number of fused-ring (bicyclic) bond motifs is 1. The quantitative estimate of drug-likeness (QED) is 0.183. The number of Topliss-reactive ketones (excluding diaryl/α,β-unsaturated/α-hetero) is 1. The normalized spacial score (nSPS) is 17.2. The van der Waals surface area contributed by atoms with Crippen LogP contribution in [0.15, 0.2) is 66.2 Å². The number of anilines is 1. The maximum atomic E-state index is 13.5. The molecule has 0 bridgehead atoms. The van der Waals surface area contributed by atoms with Crippen LogP contribution in [-0.2, 0) is 9.59 Å². The van der Waals surface area contributed by atoms with Gasteiger partial charge in [0.25, 0.3) is 5.78 Å². The van der Waals surface area contributed by atoms with Gasteiger partial charge in [0.15, 0.2) is 5.13 Å². The van der Waals surface area contributed by atoms with E-state index < -0.39 is 17.7 Å². The number of aryl methyl sites for hydroxylation is 2. The third-order valence-electron chi connectivity index (χ3n) is 6.77. The molecule has 1 saturated heterocycles. The fourth-order valence-electron chi connectivity index (χ4n) is 4.71. The zero-order valence-electron chi connectivity index (χ0n) is 21.4. The highest BCUT2D eigenvalue weighted by atomic mass is 32.1. The van der Waals surface area contributed by atoms with E-state index in [2.05, 4.69) is 13.8 Å². The van der Waals surface area contributed by atoms with E-state index in [0.29, 0.717) is 22.4 Å². The van der Waals surface area contributed by atoms with Gasteiger partial charge in [-0.25, -0.2) is 4.98 Å². The van der Waals surface area contributed by atoms with Gasteiger partial charge in [0.05, 0.1) is 28.9 Å². The Bertz CT molecular complexity index is 1570. The van der Waals surface area contributed by atoms with Gasteiger partial charge in [-0.3, -0.25) is 14.5 Å². The van der Waals surface area contributed by atoms with Gasteiger partial charge in [-0.15, -0.1) is 0 Å². The molecule has 7 heteroatoms. The molecule has 1 aliphatic rings. The topological polar surface area (TPSA) is 79.7 Å². The van der Waals surface area contributed by atoms with Crippen LogP contribution >= 0.6 is 11.3 Å². The molecular weight excluding hydrogens is 484 g/mol. The van der Waals surface area contributed by atoms with Crippen LogP contribution in [0.3, 0.4) is 0 Å². The Hall–Kier alpha value is -3.97. The number of hydrogen-bond donors (Lipinski definition) is 1. The van der Waals surface area contributed by atoms with E-state index in [1.165, 1.54) is 16.2 Å². The monoisotopic (exact) mass is 512 g/mol. The van der Waals surface area contributed by atoms with Gasteiger partial charge in [0, 0.05) is 5.56 Å². The Morgan fingerprint density at radius 3 is 2.41 bits per heavy atom. The predicted octanol–water partition coefficient (Wildman–Crippen LogP) is 6.67. The number of hydrogen-bond acceptors (Lipinski definition) is 6. The van der Waals surface area contributed by atoms with E-state index in [4.69, 9.17) is 9.72 Å². The molecule has 1 atom stereocenters. The maximum Gasteiger partial charge on any atom is 0.301 e. The summed E-state index contributed by atoms with van der Waals surface area (Å²) in [5, 5.41) is 11.9. The first-order valence-electron chi connectivity index (χ1n) is 12.1. The number of ketones is 1. The molecule has 2 heterocycles. The summed E-state index contributed by atoms with van der Waals surface area (Å²) in [4.78, 5) is 33.1. The summed E-state index contributed by atoms with van der Waals surface area (Å²) in [5.74, 6) is -0.667. The lowest BCUT2D eigenvalue weighted by Gasteiger charge is -2.23. The molecule has 1 aliphatic heterocycles. The number of carbonyl (C=O) groups is 2.